The molecule has 1 aliphatic rings. The van der Waals surface area contributed by atoms with Gasteiger partial charge in [-0.15, -0.1) is 0 Å². The van der Waals surface area contributed by atoms with Gasteiger partial charge in [-0.1, -0.05) is 24.3 Å². The molecule has 160 valence electrons. The van der Waals surface area contributed by atoms with Crippen LogP contribution < -0.4 is 15.0 Å². The van der Waals surface area contributed by atoms with Crippen molar-refractivity contribution < 1.29 is 13.9 Å². The lowest BCUT2D eigenvalue weighted by Gasteiger charge is -2.33. The fraction of sp³-hybridized carbons (Fsp3) is 0.292. The predicted octanol–water partition coefficient (Wildman–Crippen LogP) is 3.82. The molecule has 6 nitrogen and oxygen atoms in total. The molecule has 0 saturated carbocycles. The van der Waals surface area contributed by atoms with Crippen LogP contribution in [0.2, 0.25) is 0 Å². The highest BCUT2D eigenvalue weighted by Gasteiger charge is 2.26. The Morgan fingerprint density at radius 2 is 2.10 bits per heavy atom. The number of amides is 1. The molecule has 4 rings (SSSR count). The van der Waals surface area contributed by atoms with E-state index in [2.05, 4.69) is 20.2 Å². The first-order valence-corrected chi connectivity index (χ1v) is 10.4. The number of nitrogens with zero attached hydrogens (tertiary/aromatic N) is 3. The zero-order valence-corrected chi connectivity index (χ0v) is 17.4. The summed E-state index contributed by atoms with van der Waals surface area (Å²) in [5, 5.41) is 3.04. The van der Waals surface area contributed by atoms with Gasteiger partial charge in [-0.05, 0) is 48.7 Å². The van der Waals surface area contributed by atoms with Crippen LogP contribution in [-0.2, 0) is 11.3 Å². The predicted molar refractivity (Wildman–Crippen MR) is 117 cm³/mol. The molecule has 1 aromatic heterocycles. The Morgan fingerprint density at radius 3 is 2.94 bits per heavy atom. The zero-order valence-electron chi connectivity index (χ0n) is 17.4. The van der Waals surface area contributed by atoms with Crippen LogP contribution in [0.25, 0.3) is 11.4 Å². The number of hydrogen-bond donors (Lipinski definition) is 1. The Morgan fingerprint density at radius 1 is 1.23 bits per heavy atom. The van der Waals surface area contributed by atoms with E-state index in [4.69, 9.17) is 4.74 Å². The van der Waals surface area contributed by atoms with Crippen LogP contribution in [0, 0.1) is 11.7 Å². The van der Waals surface area contributed by atoms with E-state index in [0.717, 1.165) is 36.5 Å². The molecule has 7 heteroatoms. The first-order valence-electron chi connectivity index (χ1n) is 10.4. The van der Waals surface area contributed by atoms with Crippen LogP contribution >= 0.6 is 0 Å². The Bertz CT molecular complexity index is 1060. The summed E-state index contributed by atoms with van der Waals surface area (Å²) >= 11 is 0. The molecule has 1 atom stereocenters. The van der Waals surface area contributed by atoms with Gasteiger partial charge in [0.25, 0.3) is 0 Å². The Hall–Kier alpha value is -3.48. The van der Waals surface area contributed by atoms with E-state index < -0.39 is 0 Å². The quantitative estimate of drug-likeness (QED) is 0.657. The number of nitrogens with one attached hydrogen (secondary N) is 1. The number of methoxy groups -OCH3 is 1. The van der Waals surface area contributed by atoms with Gasteiger partial charge in [0, 0.05) is 31.4 Å². The molecule has 3 aromatic rings. The van der Waals surface area contributed by atoms with Crippen LogP contribution in [0.15, 0.2) is 60.8 Å². The van der Waals surface area contributed by atoms with Crippen LogP contribution in [0.5, 0.6) is 5.75 Å². The highest BCUT2D eigenvalue weighted by atomic mass is 19.1. The molecule has 1 N–H and O–H groups in total. The summed E-state index contributed by atoms with van der Waals surface area (Å²) in [7, 11) is 1.63. The van der Waals surface area contributed by atoms with Crippen molar-refractivity contribution >= 4 is 11.7 Å². The van der Waals surface area contributed by atoms with Crippen LogP contribution in [0.4, 0.5) is 10.2 Å². The maximum absolute atomic E-state index is 13.6. The number of aromatic nitrogens is 2. The van der Waals surface area contributed by atoms with Crippen molar-refractivity contribution in [3.8, 4) is 17.1 Å². The third kappa shape index (κ3) is 5.17. The van der Waals surface area contributed by atoms with Crippen LogP contribution in [0.1, 0.15) is 18.4 Å². The molecule has 1 amide bonds. The third-order valence-corrected chi connectivity index (χ3v) is 5.44. The van der Waals surface area contributed by atoms with E-state index in [1.165, 1.54) is 12.1 Å². The molecule has 1 unspecified atom stereocenters. The lowest BCUT2D eigenvalue weighted by atomic mass is 9.97. The third-order valence-electron chi connectivity index (χ3n) is 5.44. The Balaban J connectivity index is 1.41. The maximum Gasteiger partial charge on any atom is 0.225 e. The number of rotatable bonds is 6. The van der Waals surface area contributed by atoms with E-state index in [9.17, 15) is 9.18 Å². The fourth-order valence-corrected chi connectivity index (χ4v) is 3.81. The smallest absolute Gasteiger partial charge is 0.225 e. The molecule has 1 fully saturated rings. The van der Waals surface area contributed by atoms with Crippen molar-refractivity contribution in [2.24, 2.45) is 5.92 Å². The van der Waals surface area contributed by atoms with E-state index in [1.54, 1.807) is 25.4 Å². The number of piperidine rings is 1. The van der Waals surface area contributed by atoms with Gasteiger partial charge in [-0.3, -0.25) is 4.79 Å². The van der Waals surface area contributed by atoms with Crippen molar-refractivity contribution in [1.29, 1.82) is 0 Å². The number of hydrogen-bond acceptors (Lipinski definition) is 5. The molecule has 0 spiro atoms. The zero-order chi connectivity index (χ0) is 21.6. The monoisotopic (exact) mass is 420 g/mol. The Kier molecular flexibility index (Phi) is 6.40. The van der Waals surface area contributed by atoms with Gasteiger partial charge in [0.15, 0.2) is 5.82 Å². The summed E-state index contributed by atoms with van der Waals surface area (Å²) in [5.74, 6) is 1.59. The van der Waals surface area contributed by atoms with Crippen molar-refractivity contribution in [2.45, 2.75) is 19.4 Å². The minimum atomic E-state index is -0.322. The molecule has 0 aliphatic carbocycles. The summed E-state index contributed by atoms with van der Waals surface area (Å²) in [6.07, 6.45) is 3.41. The van der Waals surface area contributed by atoms with Crippen LogP contribution in [0.3, 0.4) is 0 Å². The lowest BCUT2D eigenvalue weighted by Crippen LogP contribution is -2.43. The van der Waals surface area contributed by atoms with Gasteiger partial charge < -0.3 is 15.0 Å². The summed E-state index contributed by atoms with van der Waals surface area (Å²) < 4.78 is 18.8. The minimum absolute atomic E-state index is 0.0342. The summed E-state index contributed by atoms with van der Waals surface area (Å²) in [6, 6.07) is 15.7. The number of halogens is 1. The first-order chi connectivity index (χ1) is 15.1. The van der Waals surface area contributed by atoms with Crippen molar-refractivity contribution in [1.82, 2.24) is 15.3 Å². The summed E-state index contributed by atoms with van der Waals surface area (Å²) in [6.45, 7) is 1.87. The van der Waals surface area contributed by atoms with Gasteiger partial charge in [-0.25, -0.2) is 14.4 Å². The standard InChI is InChI=1S/C24H25FN4O2/c1-31-21-9-2-5-17(13-21)15-27-24(30)19-7-4-12-29(16-19)22-10-11-26-23(28-22)18-6-3-8-20(25)14-18/h2-3,5-6,8-11,13-14,19H,4,7,12,15-16H2,1H3,(H,27,30). The van der Waals surface area contributed by atoms with Gasteiger partial charge in [-0.2, -0.15) is 0 Å². The highest BCUT2D eigenvalue weighted by Crippen LogP contribution is 2.24. The lowest BCUT2D eigenvalue weighted by molar-refractivity contribution is -0.125. The minimum Gasteiger partial charge on any atom is -0.497 e. The fourth-order valence-electron chi connectivity index (χ4n) is 3.81. The SMILES string of the molecule is COc1cccc(CNC(=O)C2CCCN(c3ccnc(-c4cccc(F)c4)n3)C2)c1. The number of carbonyl (C=O) groups is 1. The van der Waals surface area contributed by atoms with E-state index in [0.29, 0.717) is 24.5 Å². The molecule has 0 bridgehead atoms. The van der Waals surface area contributed by atoms with Crippen molar-refractivity contribution in [3.05, 3.63) is 72.2 Å². The van der Waals surface area contributed by atoms with E-state index >= 15 is 0 Å². The molecule has 2 heterocycles. The number of anilines is 1. The second-order valence-corrected chi connectivity index (χ2v) is 7.60. The number of benzene rings is 2. The van der Waals surface area contributed by atoms with Crippen molar-refractivity contribution in [2.75, 3.05) is 25.1 Å². The Labute approximate surface area is 181 Å². The molecule has 1 aliphatic heterocycles. The summed E-state index contributed by atoms with van der Waals surface area (Å²) in [4.78, 5) is 23.8. The van der Waals surface area contributed by atoms with E-state index in [1.807, 2.05) is 30.3 Å². The van der Waals surface area contributed by atoms with Gasteiger partial charge in [0.1, 0.15) is 17.4 Å². The topological polar surface area (TPSA) is 67.3 Å². The number of ether oxygens (including phenoxy) is 1. The molecule has 2 aromatic carbocycles. The number of carbonyl (C=O) groups excluding carboxylic acids is 1. The normalized spacial score (nSPS) is 16.1. The van der Waals surface area contributed by atoms with Gasteiger partial charge >= 0.3 is 0 Å². The van der Waals surface area contributed by atoms with E-state index in [-0.39, 0.29) is 17.6 Å². The average Bonchev–Trinajstić information content (AvgIpc) is 2.83. The molecule has 0 radical (unpaired) electrons. The molecule has 1 saturated heterocycles. The molecule has 31 heavy (non-hydrogen) atoms. The van der Waals surface area contributed by atoms with Gasteiger partial charge in [0.05, 0.1) is 13.0 Å². The first kappa shape index (κ1) is 20.8. The molecular formula is C24H25FN4O2. The van der Waals surface area contributed by atoms with Crippen LogP contribution in [-0.4, -0.2) is 36.1 Å². The molecular weight excluding hydrogens is 395 g/mol. The maximum atomic E-state index is 13.6. The largest absolute Gasteiger partial charge is 0.497 e. The second-order valence-electron chi connectivity index (χ2n) is 7.60. The summed E-state index contributed by atoms with van der Waals surface area (Å²) in [5.41, 5.74) is 1.63. The van der Waals surface area contributed by atoms with Gasteiger partial charge in [0.2, 0.25) is 5.91 Å². The van der Waals surface area contributed by atoms with Crippen molar-refractivity contribution in [3.63, 3.8) is 0 Å². The average molecular weight is 420 g/mol. The second kappa shape index (κ2) is 9.55. The highest BCUT2D eigenvalue weighted by molar-refractivity contribution is 5.79.